The first-order valence-electron chi connectivity index (χ1n) is 6.50. The van der Waals surface area contributed by atoms with Crippen LogP contribution in [0, 0.1) is 18.8 Å². The lowest BCUT2D eigenvalue weighted by Crippen LogP contribution is -2.14. The van der Waals surface area contributed by atoms with Crippen LogP contribution in [0.25, 0.3) is 0 Å². The third-order valence-corrected chi connectivity index (χ3v) is 2.59. The summed E-state index contributed by atoms with van der Waals surface area (Å²) in [5.41, 5.74) is 1.85. The summed E-state index contributed by atoms with van der Waals surface area (Å²) >= 11 is 0. The van der Waals surface area contributed by atoms with E-state index < -0.39 is 0 Å². The lowest BCUT2D eigenvalue weighted by Gasteiger charge is -2.04. The standard InChI is InChI=1S/C16H15N3O2/c1-12-5-4-7-14(18-12)16(21)19-15-11-13(8-9-17-15)6-2-3-10-20/h4-5,7-9,11,20H,3,10H2,1H3,(H,17,19,21). The molecular weight excluding hydrogens is 266 g/mol. The van der Waals surface area contributed by atoms with Crippen LogP contribution in [-0.4, -0.2) is 27.6 Å². The van der Waals surface area contributed by atoms with Gasteiger partial charge in [0.2, 0.25) is 0 Å². The molecule has 0 aliphatic rings. The molecule has 0 aromatic carbocycles. The van der Waals surface area contributed by atoms with Gasteiger partial charge in [0.05, 0.1) is 6.61 Å². The van der Waals surface area contributed by atoms with Crippen LogP contribution in [0.1, 0.15) is 28.2 Å². The number of anilines is 1. The van der Waals surface area contributed by atoms with E-state index in [1.807, 2.05) is 13.0 Å². The minimum Gasteiger partial charge on any atom is -0.395 e. The van der Waals surface area contributed by atoms with Gasteiger partial charge in [-0.15, -0.1) is 0 Å². The highest BCUT2D eigenvalue weighted by molar-refractivity contribution is 6.02. The highest BCUT2D eigenvalue weighted by Gasteiger charge is 2.08. The lowest BCUT2D eigenvalue weighted by atomic mass is 10.2. The number of hydrogen-bond donors (Lipinski definition) is 2. The summed E-state index contributed by atoms with van der Waals surface area (Å²) in [7, 11) is 0. The second-order valence-corrected chi connectivity index (χ2v) is 4.32. The smallest absolute Gasteiger partial charge is 0.275 e. The Labute approximate surface area is 123 Å². The molecule has 0 unspecified atom stereocenters. The van der Waals surface area contributed by atoms with E-state index in [-0.39, 0.29) is 12.5 Å². The number of amides is 1. The zero-order valence-electron chi connectivity index (χ0n) is 11.6. The van der Waals surface area contributed by atoms with Crippen molar-refractivity contribution in [3.8, 4) is 11.8 Å². The van der Waals surface area contributed by atoms with Crippen molar-refractivity contribution in [1.82, 2.24) is 9.97 Å². The molecule has 0 spiro atoms. The molecule has 0 atom stereocenters. The van der Waals surface area contributed by atoms with E-state index in [1.54, 1.807) is 30.5 Å². The Hall–Kier alpha value is -2.71. The molecule has 0 aliphatic carbocycles. The molecule has 2 rings (SSSR count). The summed E-state index contributed by atoms with van der Waals surface area (Å²) < 4.78 is 0. The monoisotopic (exact) mass is 281 g/mol. The topological polar surface area (TPSA) is 75.1 Å². The van der Waals surface area contributed by atoms with Crippen LogP contribution < -0.4 is 5.32 Å². The third-order valence-electron chi connectivity index (χ3n) is 2.59. The first kappa shape index (κ1) is 14.7. The SMILES string of the molecule is Cc1cccc(C(=O)Nc2cc(C#CCCO)ccn2)n1. The summed E-state index contributed by atoms with van der Waals surface area (Å²) in [4.78, 5) is 20.3. The summed E-state index contributed by atoms with van der Waals surface area (Å²) in [6.45, 7) is 1.85. The van der Waals surface area contributed by atoms with Crippen LogP contribution in [0.2, 0.25) is 0 Å². The van der Waals surface area contributed by atoms with E-state index in [1.165, 1.54) is 0 Å². The van der Waals surface area contributed by atoms with Crippen LogP contribution in [0.5, 0.6) is 0 Å². The van der Waals surface area contributed by atoms with Crippen molar-refractivity contribution < 1.29 is 9.90 Å². The number of carbonyl (C=O) groups excluding carboxylic acids is 1. The second-order valence-electron chi connectivity index (χ2n) is 4.32. The summed E-state index contributed by atoms with van der Waals surface area (Å²) in [6, 6.07) is 8.67. The van der Waals surface area contributed by atoms with E-state index in [9.17, 15) is 4.79 Å². The predicted octanol–water partition coefficient (Wildman–Crippen LogP) is 1.77. The first-order chi connectivity index (χ1) is 10.2. The Balaban J connectivity index is 2.11. The molecule has 2 N–H and O–H groups in total. The van der Waals surface area contributed by atoms with Gasteiger partial charge in [0.15, 0.2) is 0 Å². The van der Waals surface area contributed by atoms with Gasteiger partial charge in [0.25, 0.3) is 5.91 Å². The van der Waals surface area contributed by atoms with Gasteiger partial charge in [-0.25, -0.2) is 9.97 Å². The predicted molar refractivity (Wildman–Crippen MR) is 79.7 cm³/mol. The summed E-state index contributed by atoms with van der Waals surface area (Å²) in [5, 5.41) is 11.4. The Morgan fingerprint density at radius 3 is 3.00 bits per heavy atom. The molecule has 5 nitrogen and oxygen atoms in total. The fourth-order valence-corrected chi connectivity index (χ4v) is 1.65. The maximum absolute atomic E-state index is 12.1. The zero-order valence-corrected chi connectivity index (χ0v) is 11.6. The van der Waals surface area contributed by atoms with Crippen LogP contribution in [0.4, 0.5) is 5.82 Å². The fourth-order valence-electron chi connectivity index (χ4n) is 1.65. The molecule has 106 valence electrons. The molecule has 2 heterocycles. The number of aromatic nitrogens is 2. The number of aliphatic hydroxyl groups excluding tert-OH is 1. The highest BCUT2D eigenvalue weighted by atomic mass is 16.2. The van der Waals surface area contributed by atoms with Crippen molar-refractivity contribution >= 4 is 11.7 Å². The molecule has 2 aromatic rings. The quantitative estimate of drug-likeness (QED) is 0.841. The van der Waals surface area contributed by atoms with Gasteiger partial charge < -0.3 is 10.4 Å². The van der Waals surface area contributed by atoms with Crippen LogP contribution in [-0.2, 0) is 0 Å². The minimum absolute atomic E-state index is 0.0285. The van der Waals surface area contributed by atoms with E-state index in [0.717, 1.165) is 11.3 Å². The average Bonchev–Trinajstić information content (AvgIpc) is 2.48. The Kier molecular flexibility index (Phi) is 5.02. The molecule has 21 heavy (non-hydrogen) atoms. The molecule has 2 aromatic heterocycles. The summed E-state index contributed by atoms with van der Waals surface area (Å²) in [6.07, 6.45) is 1.99. The van der Waals surface area contributed by atoms with Gasteiger partial charge >= 0.3 is 0 Å². The first-order valence-corrected chi connectivity index (χ1v) is 6.50. The number of aliphatic hydroxyl groups is 1. The Morgan fingerprint density at radius 1 is 1.38 bits per heavy atom. The van der Waals surface area contributed by atoms with Gasteiger partial charge in [-0.1, -0.05) is 17.9 Å². The van der Waals surface area contributed by atoms with Gasteiger partial charge in [-0.05, 0) is 31.2 Å². The Bertz CT molecular complexity index is 702. The average molecular weight is 281 g/mol. The van der Waals surface area contributed by atoms with Crippen LogP contribution in [0.15, 0.2) is 36.5 Å². The maximum atomic E-state index is 12.1. The number of carbonyl (C=O) groups is 1. The van der Waals surface area contributed by atoms with Gasteiger partial charge in [0, 0.05) is 23.9 Å². The number of rotatable bonds is 3. The molecule has 5 heteroatoms. The molecule has 0 saturated carbocycles. The molecule has 0 radical (unpaired) electrons. The third kappa shape index (κ3) is 4.41. The van der Waals surface area contributed by atoms with Gasteiger partial charge in [-0.3, -0.25) is 4.79 Å². The van der Waals surface area contributed by atoms with E-state index in [2.05, 4.69) is 27.1 Å². The van der Waals surface area contributed by atoms with E-state index in [0.29, 0.717) is 17.9 Å². The van der Waals surface area contributed by atoms with E-state index in [4.69, 9.17) is 5.11 Å². The summed E-state index contributed by atoms with van der Waals surface area (Å²) in [5.74, 6) is 5.81. The molecule has 0 fully saturated rings. The minimum atomic E-state index is -0.313. The highest BCUT2D eigenvalue weighted by Crippen LogP contribution is 2.08. The van der Waals surface area contributed by atoms with Crippen molar-refractivity contribution in [2.75, 3.05) is 11.9 Å². The largest absolute Gasteiger partial charge is 0.395 e. The van der Waals surface area contributed by atoms with E-state index >= 15 is 0 Å². The van der Waals surface area contributed by atoms with Crippen molar-refractivity contribution in [1.29, 1.82) is 0 Å². The van der Waals surface area contributed by atoms with Crippen molar-refractivity contribution in [2.45, 2.75) is 13.3 Å². The normalized spacial score (nSPS) is 9.62. The zero-order chi connectivity index (χ0) is 15.1. The molecule has 0 aliphatic heterocycles. The van der Waals surface area contributed by atoms with Gasteiger partial charge in [0.1, 0.15) is 11.5 Å². The fraction of sp³-hybridized carbons (Fsp3) is 0.188. The molecule has 0 bridgehead atoms. The van der Waals surface area contributed by atoms with Crippen LogP contribution >= 0.6 is 0 Å². The number of aryl methyl sites for hydroxylation is 1. The number of nitrogens with zero attached hydrogens (tertiary/aromatic N) is 2. The maximum Gasteiger partial charge on any atom is 0.275 e. The van der Waals surface area contributed by atoms with Crippen molar-refractivity contribution in [2.24, 2.45) is 0 Å². The number of pyridine rings is 2. The van der Waals surface area contributed by atoms with Crippen molar-refractivity contribution in [3.05, 3.63) is 53.5 Å². The second kappa shape index (κ2) is 7.17. The molecule has 0 saturated heterocycles. The molecular formula is C16H15N3O2. The van der Waals surface area contributed by atoms with Crippen molar-refractivity contribution in [3.63, 3.8) is 0 Å². The van der Waals surface area contributed by atoms with Crippen LogP contribution in [0.3, 0.4) is 0 Å². The molecule has 1 amide bonds. The lowest BCUT2D eigenvalue weighted by molar-refractivity contribution is 0.102. The van der Waals surface area contributed by atoms with Gasteiger partial charge in [-0.2, -0.15) is 0 Å². The Morgan fingerprint density at radius 2 is 2.24 bits per heavy atom. The number of nitrogens with one attached hydrogen (secondary N) is 1. The number of hydrogen-bond acceptors (Lipinski definition) is 4.